The third kappa shape index (κ3) is 3.52. The second kappa shape index (κ2) is 6.48. The van der Waals surface area contributed by atoms with Gasteiger partial charge in [0.2, 0.25) is 0 Å². The molecule has 8 heteroatoms. The number of benzene rings is 2. The van der Waals surface area contributed by atoms with E-state index in [2.05, 4.69) is 9.71 Å². The zero-order valence-corrected chi connectivity index (χ0v) is 14.6. The highest BCUT2D eigenvalue weighted by atomic mass is 32.2. The first-order valence-electron chi connectivity index (χ1n) is 7.94. The molecule has 0 aliphatic carbocycles. The molecule has 27 heavy (non-hydrogen) atoms. The second-order valence-electron chi connectivity index (χ2n) is 5.88. The molecule has 0 saturated heterocycles. The predicted octanol–water partition coefficient (Wildman–Crippen LogP) is 4.08. The summed E-state index contributed by atoms with van der Waals surface area (Å²) in [6, 6.07) is 14.3. The first-order chi connectivity index (χ1) is 12.9. The van der Waals surface area contributed by atoms with Gasteiger partial charge in [-0.2, -0.15) is 0 Å². The highest BCUT2D eigenvalue weighted by Gasteiger charge is 2.17. The van der Waals surface area contributed by atoms with Gasteiger partial charge in [-0.3, -0.25) is 4.72 Å². The molecule has 0 spiro atoms. The molecule has 2 heterocycles. The summed E-state index contributed by atoms with van der Waals surface area (Å²) in [6.45, 7) is 0. The van der Waals surface area contributed by atoms with Gasteiger partial charge in [-0.1, -0.05) is 18.2 Å². The highest BCUT2D eigenvalue weighted by molar-refractivity contribution is 7.92. The van der Waals surface area contributed by atoms with Gasteiger partial charge in [-0.15, -0.1) is 0 Å². The van der Waals surface area contributed by atoms with Crippen LogP contribution < -0.4 is 4.72 Å². The van der Waals surface area contributed by atoms with Crippen molar-refractivity contribution in [2.24, 2.45) is 0 Å². The number of pyridine rings is 1. The quantitative estimate of drug-likeness (QED) is 0.576. The van der Waals surface area contributed by atoms with Crippen molar-refractivity contribution in [3.8, 4) is 11.3 Å². The monoisotopic (exact) mass is 385 g/mol. The molecule has 0 aliphatic rings. The Labute approximate surface area is 154 Å². The Bertz CT molecular complexity index is 1180. The lowest BCUT2D eigenvalue weighted by atomic mass is 10.1. The molecule has 0 unspecified atom stereocenters. The van der Waals surface area contributed by atoms with Crippen LogP contribution in [-0.2, 0) is 10.0 Å². The average molecular weight is 385 g/mol. The van der Waals surface area contributed by atoms with Crippen LogP contribution in [0.25, 0.3) is 16.9 Å². The molecule has 4 rings (SSSR count). The normalized spacial score (nSPS) is 11.6. The molecule has 0 bridgehead atoms. The third-order valence-electron chi connectivity index (χ3n) is 3.94. The fraction of sp³-hybridized carbons (Fsp3) is 0. The number of sulfonamides is 1. The van der Waals surface area contributed by atoms with Crippen molar-refractivity contribution in [3.05, 3.63) is 84.7 Å². The van der Waals surface area contributed by atoms with Gasteiger partial charge >= 0.3 is 0 Å². The lowest BCUT2D eigenvalue weighted by Crippen LogP contribution is -2.13. The molecular weight excluding hydrogens is 372 g/mol. The first kappa shape index (κ1) is 17.2. The topological polar surface area (TPSA) is 63.5 Å². The van der Waals surface area contributed by atoms with Crippen molar-refractivity contribution in [3.63, 3.8) is 0 Å². The maximum atomic E-state index is 13.3. The number of hydrogen-bond acceptors (Lipinski definition) is 3. The van der Waals surface area contributed by atoms with Crippen molar-refractivity contribution in [1.82, 2.24) is 9.38 Å². The minimum absolute atomic E-state index is 0.271. The summed E-state index contributed by atoms with van der Waals surface area (Å²) in [6.07, 6.45) is 3.75. The van der Waals surface area contributed by atoms with E-state index in [0.717, 1.165) is 29.0 Å². The van der Waals surface area contributed by atoms with Crippen LogP contribution in [0.1, 0.15) is 0 Å². The number of imidazole rings is 1. The summed E-state index contributed by atoms with van der Waals surface area (Å²) in [5.74, 6) is -1.92. The van der Waals surface area contributed by atoms with Gasteiger partial charge in [0.05, 0.1) is 10.6 Å². The van der Waals surface area contributed by atoms with E-state index in [9.17, 15) is 17.2 Å². The lowest BCUT2D eigenvalue weighted by molar-refractivity contribution is 0.568. The number of hydrogen-bond donors (Lipinski definition) is 1. The standard InChI is InChI=1S/C19H13F2N3O2S/c20-14-9-15(21)11-17(10-14)27(25,26)23-16-6-4-13(5-7-16)18-12-24-8-2-1-3-19(24)22-18/h1-12,23H. The Morgan fingerprint density at radius 3 is 2.30 bits per heavy atom. The number of nitrogens with one attached hydrogen (secondary N) is 1. The van der Waals surface area contributed by atoms with Crippen LogP contribution in [0.4, 0.5) is 14.5 Å². The van der Waals surface area contributed by atoms with Gasteiger partial charge in [0.15, 0.2) is 0 Å². The first-order valence-corrected chi connectivity index (χ1v) is 9.42. The number of aromatic nitrogens is 2. The minimum Gasteiger partial charge on any atom is -0.306 e. The number of rotatable bonds is 4. The zero-order chi connectivity index (χ0) is 19.0. The van der Waals surface area contributed by atoms with Gasteiger partial charge < -0.3 is 4.40 Å². The molecule has 0 radical (unpaired) electrons. The number of halogens is 2. The SMILES string of the molecule is O=S(=O)(Nc1ccc(-c2cn3ccccc3n2)cc1)c1cc(F)cc(F)c1. The molecule has 0 amide bonds. The van der Waals surface area contributed by atoms with E-state index >= 15 is 0 Å². The summed E-state index contributed by atoms with van der Waals surface area (Å²) in [5, 5.41) is 0. The molecule has 136 valence electrons. The van der Waals surface area contributed by atoms with E-state index in [0.29, 0.717) is 6.07 Å². The molecule has 1 N–H and O–H groups in total. The van der Waals surface area contributed by atoms with E-state index in [1.165, 1.54) is 0 Å². The van der Waals surface area contributed by atoms with Gasteiger partial charge in [-0.25, -0.2) is 22.2 Å². The van der Waals surface area contributed by atoms with E-state index in [1.54, 1.807) is 24.3 Å². The maximum absolute atomic E-state index is 13.3. The van der Waals surface area contributed by atoms with Crippen LogP contribution in [-0.4, -0.2) is 17.8 Å². The van der Waals surface area contributed by atoms with E-state index < -0.39 is 26.6 Å². The fourth-order valence-corrected chi connectivity index (χ4v) is 3.78. The van der Waals surface area contributed by atoms with Crippen LogP contribution >= 0.6 is 0 Å². The van der Waals surface area contributed by atoms with Gasteiger partial charge in [-0.05, 0) is 36.4 Å². The predicted molar refractivity (Wildman–Crippen MR) is 97.8 cm³/mol. The molecule has 0 atom stereocenters. The van der Waals surface area contributed by atoms with Crippen molar-refractivity contribution in [2.45, 2.75) is 4.90 Å². The lowest BCUT2D eigenvalue weighted by Gasteiger charge is -2.09. The summed E-state index contributed by atoms with van der Waals surface area (Å²) in [4.78, 5) is 4.01. The Hall–Kier alpha value is -3.26. The second-order valence-corrected chi connectivity index (χ2v) is 7.56. The fourth-order valence-electron chi connectivity index (χ4n) is 2.68. The molecule has 5 nitrogen and oxygen atoms in total. The molecule has 0 aliphatic heterocycles. The van der Waals surface area contributed by atoms with Crippen molar-refractivity contribution < 1.29 is 17.2 Å². The summed E-state index contributed by atoms with van der Waals surface area (Å²) in [7, 11) is -4.11. The summed E-state index contributed by atoms with van der Waals surface area (Å²) < 4.78 is 55.4. The van der Waals surface area contributed by atoms with Crippen molar-refractivity contribution in [1.29, 1.82) is 0 Å². The number of fused-ring (bicyclic) bond motifs is 1. The minimum atomic E-state index is -4.11. The van der Waals surface area contributed by atoms with Crippen LogP contribution in [0, 0.1) is 11.6 Å². The summed E-state index contributed by atoms with van der Waals surface area (Å²) in [5.41, 5.74) is 2.61. The molecule has 2 aromatic heterocycles. The zero-order valence-electron chi connectivity index (χ0n) is 13.8. The van der Waals surface area contributed by atoms with Gasteiger partial charge in [0, 0.05) is 29.7 Å². The smallest absolute Gasteiger partial charge is 0.262 e. The Morgan fingerprint density at radius 2 is 1.63 bits per heavy atom. The maximum Gasteiger partial charge on any atom is 0.262 e. The van der Waals surface area contributed by atoms with E-state index in [4.69, 9.17) is 0 Å². The van der Waals surface area contributed by atoms with Crippen molar-refractivity contribution >= 4 is 21.4 Å². The summed E-state index contributed by atoms with van der Waals surface area (Å²) >= 11 is 0. The third-order valence-corrected chi connectivity index (χ3v) is 5.30. The molecule has 4 aromatic rings. The van der Waals surface area contributed by atoms with Crippen LogP contribution in [0.15, 0.2) is 78.0 Å². The van der Waals surface area contributed by atoms with Gasteiger partial charge in [0.1, 0.15) is 17.3 Å². The highest BCUT2D eigenvalue weighted by Crippen LogP contribution is 2.23. The Morgan fingerprint density at radius 1 is 0.926 bits per heavy atom. The van der Waals surface area contributed by atoms with Crippen LogP contribution in [0.5, 0.6) is 0 Å². The van der Waals surface area contributed by atoms with Crippen LogP contribution in [0.2, 0.25) is 0 Å². The van der Waals surface area contributed by atoms with Crippen LogP contribution in [0.3, 0.4) is 0 Å². The van der Waals surface area contributed by atoms with E-state index in [1.807, 2.05) is 35.0 Å². The van der Waals surface area contributed by atoms with Crippen molar-refractivity contribution in [2.75, 3.05) is 4.72 Å². The van der Waals surface area contributed by atoms with Gasteiger partial charge in [0.25, 0.3) is 10.0 Å². The molecule has 0 fully saturated rings. The molecule has 2 aromatic carbocycles. The van der Waals surface area contributed by atoms with E-state index in [-0.39, 0.29) is 5.69 Å². The largest absolute Gasteiger partial charge is 0.306 e. The molecular formula is C19H13F2N3O2S. The Balaban J connectivity index is 1.60. The number of nitrogens with zero attached hydrogens (tertiary/aromatic N) is 2. The number of anilines is 1. The molecule has 0 saturated carbocycles. The Kier molecular flexibility index (Phi) is 4.12. The average Bonchev–Trinajstić information content (AvgIpc) is 3.05.